The normalized spacial score (nSPS) is 15.7. The summed E-state index contributed by atoms with van der Waals surface area (Å²) in [4.78, 5) is 51.8. The first-order valence-electron chi connectivity index (χ1n) is 8.90. The van der Waals surface area contributed by atoms with Crippen molar-refractivity contribution in [2.45, 2.75) is 39.8 Å². The second-order valence-electron chi connectivity index (χ2n) is 6.87. The zero-order valence-corrected chi connectivity index (χ0v) is 17.4. The number of esters is 1. The number of hydrogen-bond donors (Lipinski definition) is 0. The zero-order chi connectivity index (χ0) is 21.0. The van der Waals surface area contributed by atoms with Gasteiger partial charge >= 0.3 is 5.97 Å². The van der Waals surface area contributed by atoms with E-state index in [1.54, 1.807) is 35.2 Å². The maximum Gasteiger partial charge on any atom is 0.337 e. The van der Waals surface area contributed by atoms with Crippen molar-refractivity contribution in [1.82, 2.24) is 9.80 Å². The van der Waals surface area contributed by atoms with Gasteiger partial charge in [0.15, 0.2) is 0 Å². The first kappa shape index (κ1) is 21.7. The highest BCUT2D eigenvalue weighted by atomic mass is 32.2. The van der Waals surface area contributed by atoms with Crippen LogP contribution >= 0.6 is 11.8 Å². The number of imide groups is 1. The molecule has 1 saturated heterocycles. The molecule has 0 N–H and O–H groups in total. The van der Waals surface area contributed by atoms with Crippen LogP contribution in [0.25, 0.3) is 6.08 Å². The average molecular weight is 404 g/mol. The molecule has 0 bridgehead atoms. The number of rotatable bonds is 6. The van der Waals surface area contributed by atoms with Crippen molar-refractivity contribution in [2.75, 3.05) is 13.7 Å². The molecule has 0 unspecified atom stereocenters. The van der Waals surface area contributed by atoms with E-state index in [4.69, 9.17) is 0 Å². The molecule has 1 aliphatic rings. The fourth-order valence-corrected chi connectivity index (χ4v) is 3.85. The van der Waals surface area contributed by atoms with Crippen LogP contribution in [-0.4, -0.2) is 58.6 Å². The molecule has 0 aliphatic carbocycles. The third-order valence-corrected chi connectivity index (χ3v) is 5.10. The van der Waals surface area contributed by atoms with Gasteiger partial charge in [0.1, 0.15) is 6.54 Å². The van der Waals surface area contributed by atoms with Crippen molar-refractivity contribution < 1.29 is 23.9 Å². The van der Waals surface area contributed by atoms with Gasteiger partial charge in [-0.1, -0.05) is 12.1 Å². The number of benzene rings is 1. The Hall–Kier alpha value is -2.61. The molecule has 150 valence electrons. The smallest absolute Gasteiger partial charge is 0.337 e. The second-order valence-corrected chi connectivity index (χ2v) is 7.86. The fraction of sp³-hybridized carbons (Fsp3) is 0.400. The maximum absolute atomic E-state index is 12.6. The highest BCUT2D eigenvalue weighted by molar-refractivity contribution is 8.18. The Morgan fingerprint density at radius 3 is 2.18 bits per heavy atom. The van der Waals surface area contributed by atoms with Gasteiger partial charge in [0, 0.05) is 12.1 Å². The first-order chi connectivity index (χ1) is 13.1. The summed E-state index contributed by atoms with van der Waals surface area (Å²) in [6.45, 7) is 7.29. The molecule has 1 heterocycles. The van der Waals surface area contributed by atoms with Crippen LogP contribution in [0.1, 0.15) is 43.6 Å². The lowest BCUT2D eigenvalue weighted by atomic mass is 10.1. The minimum atomic E-state index is -0.493. The van der Waals surface area contributed by atoms with E-state index in [1.165, 1.54) is 7.11 Å². The highest BCUT2D eigenvalue weighted by Crippen LogP contribution is 2.32. The van der Waals surface area contributed by atoms with Gasteiger partial charge in [-0.2, -0.15) is 0 Å². The first-order valence-corrected chi connectivity index (χ1v) is 9.72. The third kappa shape index (κ3) is 4.81. The number of methoxy groups -OCH3 is 1. The molecule has 0 atom stereocenters. The SMILES string of the molecule is COC(=O)c1ccc(/C=C2\SC(=O)N(CC(=O)N(C(C)C)C(C)C)C2=O)cc1. The molecule has 3 amide bonds. The Kier molecular flexibility index (Phi) is 7.01. The van der Waals surface area contributed by atoms with Crippen LogP contribution in [0.4, 0.5) is 4.79 Å². The number of hydrogen-bond acceptors (Lipinski definition) is 6. The maximum atomic E-state index is 12.6. The van der Waals surface area contributed by atoms with E-state index in [-0.39, 0.29) is 29.4 Å². The van der Waals surface area contributed by atoms with E-state index in [0.717, 1.165) is 16.7 Å². The fourth-order valence-electron chi connectivity index (χ4n) is 3.01. The number of thioether (sulfide) groups is 1. The lowest BCUT2D eigenvalue weighted by Gasteiger charge is -2.31. The Morgan fingerprint density at radius 2 is 1.68 bits per heavy atom. The highest BCUT2D eigenvalue weighted by Gasteiger charge is 2.37. The van der Waals surface area contributed by atoms with Crippen LogP contribution in [0, 0.1) is 0 Å². The third-order valence-electron chi connectivity index (χ3n) is 4.20. The molecule has 8 heteroatoms. The lowest BCUT2D eigenvalue weighted by Crippen LogP contribution is -2.48. The van der Waals surface area contributed by atoms with Gasteiger partial charge in [0.25, 0.3) is 11.1 Å². The van der Waals surface area contributed by atoms with Gasteiger partial charge in [0.05, 0.1) is 17.6 Å². The molecule has 0 radical (unpaired) electrons. The summed E-state index contributed by atoms with van der Waals surface area (Å²) in [7, 11) is 1.30. The summed E-state index contributed by atoms with van der Waals surface area (Å²) in [5.74, 6) is -1.21. The molecule has 0 saturated carbocycles. The molecule has 1 aromatic carbocycles. The van der Waals surface area contributed by atoms with E-state index in [0.29, 0.717) is 11.1 Å². The van der Waals surface area contributed by atoms with E-state index >= 15 is 0 Å². The summed E-state index contributed by atoms with van der Waals surface area (Å²) < 4.78 is 4.64. The summed E-state index contributed by atoms with van der Waals surface area (Å²) in [6, 6.07) is 6.41. The van der Waals surface area contributed by atoms with Crippen molar-refractivity contribution in [1.29, 1.82) is 0 Å². The van der Waals surface area contributed by atoms with Crippen molar-refractivity contribution >= 4 is 40.9 Å². The number of nitrogens with zero attached hydrogens (tertiary/aromatic N) is 2. The topological polar surface area (TPSA) is 84.0 Å². The number of amides is 3. The van der Waals surface area contributed by atoms with Gasteiger partial charge in [-0.25, -0.2) is 4.79 Å². The molecule has 1 aromatic rings. The zero-order valence-electron chi connectivity index (χ0n) is 16.6. The summed E-state index contributed by atoms with van der Waals surface area (Å²) >= 11 is 0.798. The number of ether oxygens (including phenoxy) is 1. The van der Waals surface area contributed by atoms with Crippen molar-refractivity contribution in [3.63, 3.8) is 0 Å². The van der Waals surface area contributed by atoms with E-state index in [1.807, 2.05) is 27.7 Å². The van der Waals surface area contributed by atoms with Gasteiger partial charge in [-0.15, -0.1) is 0 Å². The molecule has 28 heavy (non-hydrogen) atoms. The van der Waals surface area contributed by atoms with Gasteiger partial charge in [-0.3, -0.25) is 19.3 Å². The van der Waals surface area contributed by atoms with Gasteiger partial charge < -0.3 is 9.64 Å². The largest absolute Gasteiger partial charge is 0.465 e. The summed E-state index contributed by atoms with van der Waals surface area (Å²) in [5.41, 5.74) is 1.05. The monoisotopic (exact) mass is 404 g/mol. The molecule has 7 nitrogen and oxygen atoms in total. The molecule has 1 aliphatic heterocycles. The predicted molar refractivity (Wildman–Crippen MR) is 108 cm³/mol. The minimum absolute atomic E-state index is 0.0312. The molecule has 1 fully saturated rings. The molecular weight excluding hydrogens is 380 g/mol. The van der Waals surface area contributed by atoms with Crippen LogP contribution in [0.3, 0.4) is 0 Å². The van der Waals surface area contributed by atoms with E-state index < -0.39 is 17.1 Å². The summed E-state index contributed by atoms with van der Waals surface area (Å²) in [6.07, 6.45) is 1.57. The Bertz CT molecular complexity index is 806. The number of carbonyl (C=O) groups excluding carboxylic acids is 4. The summed E-state index contributed by atoms with van der Waals surface area (Å²) in [5, 5.41) is -0.469. The van der Waals surface area contributed by atoms with Crippen LogP contribution in [0.5, 0.6) is 0 Å². The van der Waals surface area contributed by atoms with Crippen LogP contribution in [0.2, 0.25) is 0 Å². The Labute approximate surface area is 168 Å². The Morgan fingerprint density at radius 1 is 1.11 bits per heavy atom. The second kappa shape index (κ2) is 9.05. The number of carbonyl (C=O) groups is 4. The van der Waals surface area contributed by atoms with E-state index in [2.05, 4.69) is 4.74 Å². The lowest BCUT2D eigenvalue weighted by molar-refractivity contribution is -0.138. The molecule has 2 rings (SSSR count). The van der Waals surface area contributed by atoms with Crippen LogP contribution in [-0.2, 0) is 14.3 Å². The molecule has 0 aromatic heterocycles. The quantitative estimate of drug-likeness (QED) is 0.535. The molecular formula is C20H24N2O5S. The van der Waals surface area contributed by atoms with Crippen LogP contribution in [0.15, 0.2) is 29.2 Å². The average Bonchev–Trinajstić information content (AvgIpc) is 2.88. The van der Waals surface area contributed by atoms with Crippen molar-refractivity contribution in [3.8, 4) is 0 Å². The van der Waals surface area contributed by atoms with Gasteiger partial charge in [0.2, 0.25) is 5.91 Å². The Balaban J connectivity index is 2.15. The van der Waals surface area contributed by atoms with E-state index in [9.17, 15) is 19.2 Å². The minimum Gasteiger partial charge on any atom is -0.465 e. The van der Waals surface area contributed by atoms with Crippen LogP contribution < -0.4 is 0 Å². The van der Waals surface area contributed by atoms with Crippen molar-refractivity contribution in [3.05, 3.63) is 40.3 Å². The van der Waals surface area contributed by atoms with Crippen molar-refractivity contribution in [2.24, 2.45) is 0 Å². The molecule has 0 spiro atoms. The standard InChI is InChI=1S/C20H24N2O5S/c1-12(2)22(13(3)4)17(23)11-21-18(24)16(28-20(21)26)10-14-6-8-15(9-7-14)19(25)27-5/h6-10,12-13H,11H2,1-5H3/b16-10-. The van der Waals surface area contributed by atoms with Gasteiger partial charge in [-0.05, 0) is 63.2 Å². The predicted octanol–water partition coefficient (Wildman–Crippen LogP) is 3.15.